The number of nitro groups is 1. The Hall–Kier alpha value is -2.62. The van der Waals surface area contributed by atoms with Gasteiger partial charge in [0.15, 0.2) is 6.67 Å². The summed E-state index contributed by atoms with van der Waals surface area (Å²) in [6, 6.07) is 5.35. The topological polar surface area (TPSA) is 68.6 Å². The van der Waals surface area contributed by atoms with E-state index in [-0.39, 0.29) is 5.69 Å². The Morgan fingerprint density at radius 1 is 1.26 bits per heavy atom. The summed E-state index contributed by atoms with van der Waals surface area (Å²) >= 11 is 0. The van der Waals surface area contributed by atoms with Crippen LogP contribution < -0.4 is 9.80 Å². The van der Waals surface area contributed by atoms with E-state index in [0.29, 0.717) is 49.9 Å². The van der Waals surface area contributed by atoms with Crippen LogP contribution in [0.3, 0.4) is 0 Å². The van der Waals surface area contributed by atoms with Gasteiger partial charge < -0.3 is 9.80 Å². The van der Waals surface area contributed by atoms with Crippen molar-refractivity contribution in [3.8, 4) is 0 Å². The molecular weight excluding hydrogens is 363 g/mol. The van der Waals surface area contributed by atoms with E-state index in [1.807, 2.05) is 4.90 Å². The largest absolute Gasteiger partial charge is 0.416 e. The second-order valence-electron chi connectivity index (χ2n) is 6.72. The zero-order chi connectivity index (χ0) is 19.8. The molecule has 3 rings (SSSR count). The van der Waals surface area contributed by atoms with Gasteiger partial charge in [0.05, 0.1) is 36.7 Å². The van der Waals surface area contributed by atoms with Crippen LogP contribution in [0.25, 0.3) is 0 Å². The normalized spacial score (nSPS) is 16.0. The Balaban J connectivity index is 1.65. The monoisotopic (exact) mass is 384 g/mol. The standard InChI is InChI=1S/C17H20F3N5O2/c1-12-16(25(26)27)13(2)24(21-12)11-22-6-8-23(9-7-22)15-5-3-4-14(10-15)17(18,19)20/h3-5,10H,6-9,11H2,1-2H3/p+1. The first-order valence-corrected chi connectivity index (χ1v) is 8.61. The number of aromatic nitrogens is 2. The van der Waals surface area contributed by atoms with Gasteiger partial charge in [-0.05, 0) is 32.0 Å². The van der Waals surface area contributed by atoms with Gasteiger partial charge in [-0.2, -0.15) is 18.3 Å². The van der Waals surface area contributed by atoms with Crippen LogP contribution in [0.15, 0.2) is 24.3 Å². The third-order valence-corrected chi connectivity index (χ3v) is 4.91. The number of rotatable bonds is 4. The molecular formula is C17H21F3N5O2+. The molecule has 0 saturated carbocycles. The van der Waals surface area contributed by atoms with Crippen molar-refractivity contribution < 1.29 is 23.0 Å². The Labute approximate surface area is 154 Å². The molecule has 1 saturated heterocycles. The summed E-state index contributed by atoms with van der Waals surface area (Å²) in [6.07, 6.45) is -4.35. The molecule has 0 bridgehead atoms. The van der Waals surface area contributed by atoms with E-state index < -0.39 is 16.7 Å². The van der Waals surface area contributed by atoms with Crippen molar-refractivity contribution >= 4 is 11.4 Å². The molecule has 0 aliphatic carbocycles. The Bertz CT molecular complexity index is 842. The highest BCUT2D eigenvalue weighted by Crippen LogP contribution is 2.31. The number of nitrogens with zero attached hydrogens (tertiary/aromatic N) is 4. The van der Waals surface area contributed by atoms with Gasteiger partial charge in [-0.1, -0.05) is 6.07 Å². The minimum atomic E-state index is -4.35. The van der Waals surface area contributed by atoms with Crippen LogP contribution in [0.1, 0.15) is 17.0 Å². The minimum absolute atomic E-state index is 0.0389. The molecule has 0 spiro atoms. The third-order valence-electron chi connectivity index (χ3n) is 4.91. The summed E-state index contributed by atoms with van der Waals surface area (Å²) in [5.74, 6) is 0. The van der Waals surface area contributed by atoms with Crippen molar-refractivity contribution in [2.75, 3.05) is 31.1 Å². The highest BCUT2D eigenvalue weighted by molar-refractivity contribution is 5.49. The smallest absolute Gasteiger partial charge is 0.360 e. The van der Waals surface area contributed by atoms with Crippen LogP contribution >= 0.6 is 0 Å². The Kier molecular flexibility index (Phi) is 5.09. The molecule has 1 aliphatic heterocycles. The zero-order valence-corrected chi connectivity index (χ0v) is 15.1. The summed E-state index contributed by atoms with van der Waals surface area (Å²) in [5.41, 5.74) is 0.858. The molecule has 0 atom stereocenters. The summed E-state index contributed by atoms with van der Waals surface area (Å²) in [5, 5.41) is 15.4. The lowest BCUT2D eigenvalue weighted by molar-refractivity contribution is -0.924. The number of quaternary nitrogens is 1. The first-order valence-electron chi connectivity index (χ1n) is 8.61. The summed E-state index contributed by atoms with van der Waals surface area (Å²) < 4.78 is 40.3. The first-order chi connectivity index (χ1) is 12.7. The highest BCUT2D eigenvalue weighted by Gasteiger charge is 2.31. The van der Waals surface area contributed by atoms with Crippen LogP contribution in [0, 0.1) is 24.0 Å². The Morgan fingerprint density at radius 2 is 1.93 bits per heavy atom. The van der Waals surface area contributed by atoms with Crippen LogP contribution in [0.5, 0.6) is 0 Å². The molecule has 1 fully saturated rings. The average Bonchev–Trinajstić information content (AvgIpc) is 2.88. The van der Waals surface area contributed by atoms with E-state index in [1.165, 1.54) is 17.0 Å². The third kappa shape index (κ3) is 4.05. The summed E-state index contributed by atoms with van der Waals surface area (Å²) in [4.78, 5) is 13.8. The van der Waals surface area contributed by atoms with E-state index >= 15 is 0 Å². The lowest BCUT2D eigenvalue weighted by Crippen LogP contribution is -3.14. The van der Waals surface area contributed by atoms with E-state index in [2.05, 4.69) is 5.10 Å². The van der Waals surface area contributed by atoms with Gasteiger partial charge in [-0.25, -0.2) is 4.68 Å². The molecule has 1 N–H and O–H groups in total. The highest BCUT2D eigenvalue weighted by atomic mass is 19.4. The van der Waals surface area contributed by atoms with Gasteiger partial charge in [0.1, 0.15) is 11.4 Å². The first kappa shape index (κ1) is 19.2. The van der Waals surface area contributed by atoms with E-state index in [4.69, 9.17) is 0 Å². The maximum atomic E-state index is 12.9. The summed E-state index contributed by atoms with van der Waals surface area (Å²) in [7, 11) is 0. The molecule has 10 heteroatoms. The van der Waals surface area contributed by atoms with Gasteiger partial charge >= 0.3 is 11.9 Å². The van der Waals surface area contributed by atoms with Gasteiger partial charge in [-0.15, -0.1) is 0 Å². The van der Waals surface area contributed by atoms with Crippen LogP contribution in [0.2, 0.25) is 0 Å². The fraction of sp³-hybridized carbons (Fsp3) is 0.471. The van der Waals surface area contributed by atoms with Crippen LogP contribution in [-0.4, -0.2) is 40.9 Å². The van der Waals surface area contributed by atoms with Crippen molar-refractivity contribution in [2.24, 2.45) is 0 Å². The number of piperazine rings is 1. The number of aryl methyl sites for hydroxylation is 1. The van der Waals surface area contributed by atoms with Gasteiger partial charge in [-0.3, -0.25) is 10.1 Å². The molecule has 1 aromatic carbocycles. The zero-order valence-electron chi connectivity index (χ0n) is 15.1. The van der Waals surface area contributed by atoms with Crippen molar-refractivity contribution in [3.63, 3.8) is 0 Å². The van der Waals surface area contributed by atoms with Gasteiger partial charge in [0.2, 0.25) is 0 Å². The van der Waals surface area contributed by atoms with Gasteiger partial charge in [0, 0.05) is 5.69 Å². The molecule has 27 heavy (non-hydrogen) atoms. The number of hydrogen-bond donors (Lipinski definition) is 1. The van der Waals surface area contributed by atoms with Crippen LogP contribution in [0.4, 0.5) is 24.5 Å². The molecule has 7 nitrogen and oxygen atoms in total. The number of alkyl halides is 3. The molecule has 2 aromatic rings. The quantitative estimate of drug-likeness (QED) is 0.645. The average molecular weight is 384 g/mol. The fourth-order valence-corrected chi connectivity index (χ4v) is 3.44. The predicted molar refractivity (Wildman–Crippen MR) is 92.7 cm³/mol. The number of halogens is 3. The summed E-state index contributed by atoms with van der Waals surface area (Å²) in [6.45, 7) is 6.43. The van der Waals surface area contributed by atoms with Crippen molar-refractivity contribution in [2.45, 2.75) is 26.7 Å². The second kappa shape index (κ2) is 7.18. The fourth-order valence-electron chi connectivity index (χ4n) is 3.44. The molecule has 0 unspecified atom stereocenters. The molecule has 0 radical (unpaired) electrons. The molecule has 2 heterocycles. The van der Waals surface area contributed by atoms with E-state index in [1.54, 1.807) is 24.6 Å². The van der Waals surface area contributed by atoms with Gasteiger partial charge in [0.25, 0.3) is 0 Å². The Morgan fingerprint density at radius 3 is 2.48 bits per heavy atom. The molecule has 1 aromatic heterocycles. The second-order valence-corrected chi connectivity index (χ2v) is 6.72. The van der Waals surface area contributed by atoms with E-state index in [0.717, 1.165) is 6.07 Å². The van der Waals surface area contributed by atoms with Crippen molar-refractivity contribution in [1.82, 2.24) is 9.78 Å². The number of hydrogen-bond acceptors (Lipinski definition) is 4. The number of benzene rings is 1. The molecule has 146 valence electrons. The van der Waals surface area contributed by atoms with Crippen molar-refractivity contribution in [1.29, 1.82) is 0 Å². The molecule has 0 amide bonds. The van der Waals surface area contributed by atoms with Crippen LogP contribution in [-0.2, 0) is 12.8 Å². The maximum Gasteiger partial charge on any atom is 0.416 e. The number of anilines is 1. The molecule has 1 aliphatic rings. The maximum absolute atomic E-state index is 12.9. The van der Waals surface area contributed by atoms with Crippen molar-refractivity contribution in [3.05, 3.63) is 51.3 Å². The predicted octanol–water partition coefficient (Wildman–Crippen LogP) is 1.79. The van der Waals surface area contributed by atoms with E-state index in [9.17, 15) is 23.3 Å². The number of nitrogens with one attached hydrogen (secondary N) is 1. The SMILES string of the molecule is Cc1nn(C[NH+]2CCN(c3cccc(C(F)(F)F)c3)CC2)c(C)c1[N+](=O)[O-]. The lowest BCUT2D eigenvalue weighted by Gasteiger charge is -2.33. The lowest BCUT2D eigenvalue weighted by atomic mass is 10.1. The minimum Gasteiger partial charge on any atom is -0.360 e.